The predicted molar refractivity (Wildman–Crippen MR) is 46.2 cm³/mol. The Morgan fingerprint density at radius 2 is 2.18 bits per heavy atom. The molecule has 56 valence electrons. The number of methoxy groups -OCH3 is 1. The average molecular weight is 188 g/mol. The summed E-state index contributed by atoms with van der Waals surface area (Å²) in [5, 5.41) is 0.516. The lowest BCUT2D eigenvalue weighted by atomic mass is 9.98. The molecule has 0 fully saturated rings. The number of ether oxygens (including phenoxy) is 1. The zero-order valence-electron chi connectivity index (χ0n) is 5.77. The Morgan fingerprint density at radius 3 is 2.73 bits per heavy atom. The summed E-state index contributed by atoms with van der Waals surface area (Å²) in [5.41, 5.74) is 0.377. The van der Waals surface area contributed by atoms with E-state index in [0.717, 1.165) is 0 Å². The topological polar surface area (TPSA) is 22.1 Å². The number of hydrogen-bond acceptors (Lipinski definition) is 2. The fourth-order valence-corrected chi connectivity index (χ4v) is 0.920. The number of aromatic nitrogens is 1. The third-order valence-electron chi connectivity index (χ3n) is 1.12. The van der Waals surface area contributed by atoms with Gasteiger partial charge >= 0.3 is 0 Å². The van der Waals surface area contributed by atoms with Crippen molar-refractivity contribution in [3.8, 4) is 5.88 Å². The van der Waals surface area contributed by atoms with E-state index in [2.05, 4.69) is 4.98 Å². The van der Waals surface area contributed by atoms with Crippen LogP contribution in [0.15, 0.2) is 6.07 Å². The molecule has 11 heavy (non-hydrogen) atoms. The van der Waals surface area contributed by atoms with Gasteiger partial charge in [0, 0.05) is 0 Å². The van der Waals surface area contributed by atoms with Crippen LogP contribution in [0.4, 0.5) is 0 Å². The highest BCUT2D eigenvalue weighted by molar-refractivity contribution is 6.43. The second kappa shape index (κ2) is 3.33. The van der Waals surface area contributed by atoms with Gasteiger partial charge in [-0.2, -0.15) is 0 Å². The van der Waals surface area contributed by atoms with E-state index in [-0.39, 0.29) is 5.15 Å². The first-order chi connectivity index (χ1) is 5.15. The quantitative estimate of drug-likeness (QED) is 0.487. The van der Waals surface area contributed by atoms with Gasteiger partial charge in [-0.25, -0.2) is 4.98 Å². The molecule has 0 saturated carbocycles. The molecule has 5 heteroatoms. The van der Waals surface area contributed by atoms with Gasteiger partial charge in [-0.3, -0.25) is 0 Å². The van der Waals surface area contributed by atoms with Gasteiger partial charge in [0.25, 0.3) is 0 Å². The molecule has 2 nitrogen and oxygen atoms in total. The molecule has 1 aromatic heterocycles. The summed E-state index contributed by atoms with van der Waals surface area (Å²) >= 11 is 11.2. The van der Waals surface area contributed by atoms with E-state index in [1.54, 1.807) is 0 Å². The molecule has 2 radical (unpaired) electrons. The molecule has 0 N–H and O–H groups in total. The maximum Gasteiger partial charge on any atom is 0.207 e. The van der Waals surface area contributed by atoms with Crippen molar-refractivity contribution in [2.24, 2.45) is 0 Å². The van der Waals surface area contributed by atoms with Gasteiger partial charge in [0.05, 0.1) is 12.1 Å². The van der Waals surface area contributed by atoms with Crippen molar-refractivity contribution in [1.82, 2.24) is 4.98 Å². The first-order valence-corrected chi connectivity index (χ1v) is 3.56. The molecule has 0 aromatic carbocycles. The minimum Gasteiger partial charge on any atom is -0.481 e. The van der Waals surface area contributed by atoms with Crippen LogP contribution in [0.5, 0.6) is 5.88 Å². The van der Waals surface area contributed by atoms with Crippen LogP contribution in [0.25, 0.3) is 0 Å². The second-order valence-electron chi connectivity index (χ2n) is 1.86. The minimum absolute atomic E-state index is 0.192. The largest absolute Gasteiger partial charge is 0.481 e. The standard InChI is InChI=1S/C6H4BCl2NO/c1-11-6-3(7)2-4(8)5(9)10-6/h2H,1H3. The highest BCUT2D eigenvalue weighted by Gasteiger charge is 2.04. The van der Waals surface area contributed by atoms with Crippen molar-refractivity contribution in [3.05, 3.63) is 16.2 Å². The summed E-state index contributed by atoms with van der Waals surface area (Å²) in [5.74, 6) is 0.291. The van der Waals surface area contributed by atoms with Gasteiger partial charge in [0.15, 0.2) is 5.15 Å². The van der Waals surface area contributed by atoms with Gasteiger partial charge in [-0.15, -0.1) is 0 Å². The van der Waals surface area contributed by atoms with Crippen LogP contribution in [0.3, 0.4) is 0 Å². The Bertz CT molecular complexity index is 280. The van der Waals surface area contributed by atoms with Crippen LogP contribution >= 0.6 is 23.2 Å². The van der Waals surface area contributed by atoms with Crippen LogP contribution in [0.2, 0.25) is 10.2 Å². The third kappa shape index (κ3) is 1.79. The normalized spacial score (nSPS) is 9.73. The van der Waals surface area contributed by atoms with Gasteiger partial charge in [0.2, 0.25) is 5.88 Å². The van der Waals surface area contributed by atoms with Gasteiger partial charge < -0.3 is 4.74 Å². The van der Waals surface area contributed by atoms with E-state index >= 15 is 0 Å². The summed E-state index contributed by atoms with van der Waals surface area (Å²) < 4.78 is 4.80. The van der Waals surface area contributed by atoms with Crippen molar-refractivity contribution in [2.45, 2.75) is 0 Å². The van der Waals surface area contributed by atoms with E-state index in [9.17, 15) is 0 Å². The van der Waals surface area contributed by atoms with Crippen LogP contribution in [0, 0.1) is 0 Å². The zero-order chi connectivity index (χ0) is 8.43. The Hall–Kier alpha value is -0.405. The molecule has 0 aliphatic carbocycles. The van der Waals surface area contributed by atoms with Gasteiger partial charge in [-0.1, -0.05) is 23.2 Å². The first-order valence-electron chi connectivity index (χ1n) is 2.80. The maximum absolute atomic E-state index is 5.61. The fourth-order valence-electron chi connectivity index (χ4n) is 0.628. The fraction of sp³-hybridized carbons (Fsp3) is 0.167. The monoisotopic (exact) mass is 187 g/mol. The van der Waals surface area contributed by atoms with Crippen molar-refractivity contribution in [3.63, 3.8) is 0 Å². The molecular formula is C6H4BCl2NO. The Kier molecular flexibility index (Phi) is 2.63. The molecule has 0 spiro atoms. The smallest absolute Gasteiger partial charge is 0.207 e. The summed E-state index contributed by atoms with van der Waals surface area (Å²) in [6.07, 6.45) is 0. The average Bonchev–Trinajstić information content (AvgIpc) is 1.97. The lowest BCUT2D eigenvalue weighted by Gasteiger charge is -2.04. The number of halogens is 2. The molecule has 0 atom stereocenters. The van der Waals surface area contributed by atoms with E-state index < -0.39 is 0 Å². The van der Waals surface area contributed by atoms with Crippen molar-refractivity contribution in [1.29, 1.82) is 0 Å². The summed E-state index contributed by atoms with van der Waals surface area (Å²) in [6.45, 7) is 0. The lowest BCUT2D eigenvalue weighted by Crippen LogP contribution is -2.09. The SMILES string of the molecule is [B]c1cc(Cl)c(Cl)nc1OC. The Labute approximate surface area is 75.9 Å². The highest BCUT2D eigenvalue weighted by atomic mass is 35.5. The number of rotatable bonds is 1. The summed E-state index contributed by atoms with van der Waals surface area (Å²) in [7, 11) is 6.93. The van der Waals surface area contributed by atoms with Crippen molar-refractivity contribution < 1.29 is 4.74 Å². The Balaban J connectivity index is 3.21. The minimum atomic E-state index is 0.192. The molecule has 1 heterocycles. The lowest BCUT2D eigenvalue weighted by molar-refractivity contribution is 0.401. The third-order valence-corrected chi connectivity index (χ3v) is 1.79. The van der Waals surface area contributed by atoms with E-state index in [4.69, 9.17) is 35.8 Å². The molecule has 0 saturated heterocycles. The van der Waals surface area contributed by atoms with Gasteiger partial charge in [0.1, 0.15) is 7.85 Å². The molecule has 0 bridgehead atoms. The molecule has 1 rings (SSSR count). The van der Waals surface area contributed by atoms with Crippen LogP contribution in [-0.2, 0) is 0 Å². The van der Waals surface area contributed by atoms with Crippen LogP contribution in [-0.4, -0.2) is 19.9 Å². The highest BCUT2D eigenvalue weighted by Crippen LogP contribution is 2.19. The maximum atomic E-state index is 5.61. The molecule has 0 aliphatic heterocycles. The molecule has 0 amide bonds. The number of hydrogen-bond donors (Lipinski definition) is 0. The zero-order valence-corrected chi connectivity index (χ0v) is 7.28. The van der Waals surface area contributed by atoms with Gasteiger partial charge in [-0.05, 0) is 11.5 Å². The number of nitrogens with zero attached hydrogens (tertiary/aromatic N) is 1. The van der Waals surface area contributed by atoms with Crippen LogP contribution in [0.1, 0.15) is 0 Å². The van der Waals surface area contributed by atoms with Crippen LogP contribution < -0.4 is 10.2 Å². The van der Waals surface area contributed by atoms with E-state index in [1.807, 2.05) is 0 Å². The first kappa shape index (κ1) is 8.69. The van der Waals surface area contributed by atoms with Crippen molar-refractivity contribution in [2.75, 3.05) is 7.11 Å². The number of pyridine rings is 1. The summed E-state index contributed by atoms with van der Waals surface area (Å²) in [4.78, 5) is 3.78. The molecule has 0 aliphatic rings. The van der Waals surface area contributed by atoms with E-state index in [0.29, 0.717) is 16.4 Å². The molecule has 0 unspecified atom stereocenters. The predicted octanol–water partition coefficient (Wildman–Crippen LogP) is 1.19. The Morgan fingerprint density at radius 1 is 1.55 bits per heavy atom. The van der Waals surface area contributed by atoms with Crippen molar-refractivity contribution >= 4 is 36.5 Å². The molecule has 1 aromatic rings. The second-order valence-corrected chi connectivity index (χ2v) is 2.62. The molecular weight excluding hydrogens is 184 g/mol. The van der Waals surface area contributed by atoms with E-state index in [1.165, 1.54) is 13.2 Å². The summed E-state index contributed by atoms with van der Waals surface area (Å²) in [6, 6.07) is 1.50.